The lowest BCUT2D eigenvalue weighted by Crippen LogP contribution is -2.42. The highest BCUT2D eigenvalue weighted by atomic mass is 16.2. The molecule has 0 aliphatic heterocycles. The zero-order valence-electron chi connectivity index (χ0n) is 13.9. The van der Waals surface area contributed by atoms with Crippen LogP contribution in [0.5, 0.6) is 0 Å². The molecule has 0 fully saturated rings. The van der Waals surface area contributed by atoms with Crippen LogP contribution in [0.3, 0.4) is 0 Å². The molecule has 3 rings (SSSR count). The highest BCUT2D eigenvalue weighted by Crippen LogP contribution is 2.16. The molecule has 0 aliphatic carbocycles. The SMILES string of the molecule is CCCCn1c(C)cn2c3c(=O)n(CC(N)=O)c(=O)n(C)c3nc12. The molecule has 0 aliphatic rings. The third kappa shape index (κ3) is 2.24. The van der Waals surface area contributed by atoms with Gasteiger partial charge in [-0.1, -0.05) is 13.3 Å². The Morgan fingerprint density at radius 1 is 1.29 bits per heavy atom. The Hall–Kier alpha value is -2.84. The van der Waals surface area contributed by atoms with Crippen LogP contribution in [0.2, 0.25) is 0 Å². The summed E-state index contributed by atoms with van der Waals surface area (Å²) in [6, 6.07) is 0. The Balaban J connectivity index is 2.39. The van der Waals surface area contributed by atoms with Gasteiger partial charge in [-0.3, -0.25) is 18.6 Å². The van der Waals surface area contributed by atoms with Crippen molar-refractivity contribution in [2.45, 2.75) is 39.8 Å². The van der Waals surface area contributed by atoms with Gasteiger partial charge in [-0.2, -0.15) is 4.98 Å². The van der Waals surface area contributed by atoms with Gasteiger partial charge in [-0.15, -0.1) is 0 Å². The Kier molecular flexibility index (Phi) is 3.78. The first-order valence-electron chi connectivity index (χ1n) is 7.82. The molecule has 2 N–H and O–H groups in total. The molecule has 0 atom stereocenters. The van der Waals surface area contributed by atoms with E-state index in [0.717, 1.165) is 29.6 Å². The fourth-order valence-electron chi connectivity index (χ4n) is 2.94. The monoisotopic (exact) mass is 332 g/mol. The minimum absolute atomic E-state index is 0.270. The first-order chi connectivity index (χ1) is 11.4. The van der Waals surface area contributed by atoms with Gasteiger partial charge >= 0.3 is 5.69 Å². The number of imidazole rings is 2. The van der Waals surface area contributed by atoms with E-state index < -0.39 is 23.7 Å². The predicted molar refractivity (Wildman–Crippen MR) is 89.0 cm³/mol. The first-order valence-corrected chi connectivity index (χ1v) is 7.82. The zero-order valence-corrected chi connectivity index (χ0v) is 13.9. The van der Waals surface area contributed by atoms with Crippen LogP contribution in [0.25, 0.3) is 16.9 Å². The number of fused-ring (bicyclic) bond motifs is 3. The first kappa shape index (κ1) is 16.0. The largest absolute Gasteiger partial charge is 0.368 e. The molecule has 0 unspecified atom stereocenters. The molecule has 0 saturated carbocycles. The topological polar surface area (TPSA) is 109 Å². The molecule has 3 heterocycles. The zero-order chi connectivity index (χ0) is 17.6. The van der Waals surface area contributed by atoms with Crippen molar-refractivity contribution in [1.29, 1.82) is 0 Å². The van der Waals surface area contributed by atoms with Crippen LogP contribution >= 0.6 is 0 Å². The number of carbonyl (C=O) groups is 1. The predicted octanol–water partition coefficient (Wildman–Crippen LogP) is -0.257. The van der Waals surface area contributed by atoms with Crippen molar-refractivity contribution >= 4 is 22.8 Å². The summed E-state index contributed by atoms with van der Waals surface area (Å²) < 4.78 is 5.81. The molecule has 0 aromatic carbocycles. The number of nitrogens with two attached hydrogens (primary N) is 1. The van der Waals surface area contributed by atoms with Crippen LogP contribution in [0.1, 0.15) is 25.5 Å². The van der Waals surface area contributed by atoms with E-state index in [1.807, 2.05) is 17.7 Å². The Morgan fingerprint density at radius 3 is 2.62 bits per heavy atom. The summed E-state index contributed by atoms with van der Waals surface area (Å²) >= 11 is 0. The number of rotatable bonds is 5. The number of aromatic nitrogens is 5. The van der Waals surface area contributed by atoms with Crippen molar-refractivity contribution in [3.05, 3.63) is 32.7 Å². The number of hydrogen-bond donors (Lipinski definition) is 1. The number of nitrogens with zero attached hydrogens (tertiary/aromatic N) is 5. The quantitative estimate of drug-likeness (QED) is 0.694. The molecule has 1 amide bonds. The van der Waals surface area contributed by atoms with E-state index >= 15 is 0 Å². The van der Waals surface area contributed by atoms with E-state index in [-0.39, 0.29) is 5.52 Å². The highest BCUT2D eigenvalue weighted by molar-refractivity contribution is 5.77. The van der Waals surface area contributed by atoms with Gasteiger partial charge in [0, 0.05) is 25.5 Å². The maximum absolute atomic E-state index is 12.7. The highest BCUT2D eigenvalue weighted by Gasteiger charge is 2.20. The summed E-state index contributed by atoms with van der Waals surface area (Å²) in [5.41, 5.74) is 5.53. The molecule has 128 valence electrons. The number of unbranched alkanes of at least 4 members (excludes halogenated alkanes) is 1. The number of hydrogen-bond acceptors (Lipinski definition) is 4. The summed E-state index contributed by atoms with van der Waals surface area (Å²) in [6.45, 7) is 4.38. The molecule has 3 aromatic rings. The van der Waals surface area contributed by atoms with Gasteiger partial charge in [0.1, 0.15) is 6.54 Å². The van der Waals surface area contributed by atoms with E-state index in [1.54, 1.807) is 4.40 Å². The lowest BCUT2D eigenvalue weighted by atomic mass is 10.3. The molecule has 0 radical (unpaired) electrons. The lowest BCUT2D eigenvalue weighted by Gasteiger charge is -2.05. The molecular formula is C15H20N6O3. The minimum Gasteiger partial charge on any atom is -0.368 e. The Bertz CT molecular complexity index is 1070. The minimum atomic E-state index is -0.744. The Morgan fingerprint density at radius 2 is 2.00 bits per heavy atom. The van der Waals surface area contributed by atoms with Crippen LogP contribution in [0.15, 0.2) is 15.8 Å². The summed E-state index contributed by atoms with van der Waals surface area (Å²) in [5, 5.41) is 0. The van der Waals surface area contributed by atoms with Gasteiger partial charge in [0.15, 0.2) is 11.2 Å². The molecule has 0 bridgehead atoms. The molecule has 0 spiro atoms. The van der Waals surface area contributed by atoms with Crippen molar-refractivity contribution in [2.24, 2.45) is 12.8 Å². The van der Waals surface area contributed by atoms with Gasteiger partial charge in [-0.25, -0.2) is 9.36 Å². The second-order valence-electron chi connectivity index (χ2n) is 5.93. The van der Waals surface area contributed by atoms with E-state index in [4.69, 9.17) is 5.73 Å². The molecule has 0 saturated heterocycles. The normalized spacial score (nSPS) is 11.6. The standard InChI is InChI=1S/C15H20N6O3/c1-4-5-6-19-9(2)7-20-11-12(17-14(19)20)18(3)15(24)21(13(11)23)8-10(16)22/h7H,4-6,8H2,1-3H3,(H2,16,22). The number of amides is 1. The molecule has 9 heteroatoms. The smallest absolute Gasteiger partial charge is 0.332 e. The number of carbonyl (C=O) groups excluding carboxylic acids is 1. The van der Waals surface area contributed by atoms with Crippen molar-refractivity contribution < 1.29 is 4.79 Å². The number of primary amides is 1. The van der Waals surface area contributed by atoms with Gasteiger partial charge < -0.3 is 10.3 Å². The van der Waals surface area contributed by atoms with Gasteiger partial charge in [0.2, 0.25) is 11.7 Å². The summed E-state index contributed by atoms with van der Waals surface area (Å²) in [6.07, 6.45) is 3.84. The van der Waals surface area contributed by atoms with Gasteiger partial charge in [0.05, 0.1) is 0 Å². The fraction of sp³-hybridized carbons (Fsp3) is 0.467. The van der Waals surface area contributed by atoms with Crippen LogP contribution in [0, 0.1) is 6.92 Å². The average molecular weight is 332 g/mol. The van der Waals surface area contributed by atoms with Crippen LogP contribution in [0.4, 0.5) is 0 Å². The third-order valence-corrected chi connectivity index (χ3v) is 4.19. The van der Waals surface area contributed by atoms with E-state index in [1.165, 1.54) is 11.6 Å². The van der Waals surface area contributed by atoms with Crippen molar-refractivity contribution in [2.75, 3.05) is 0 Å². The number of aryl methyl sites for hydroxylation is 3. The maximum atomic E-state index is 12.7. The van der Waals surface area contributed by atoms with E-state index in [9.17, 15) is 14.4 Å². The maximum Gasteiger partial charge on any atom is 0.332 e. The molecular weight excluding hydrogens is 312 g/mol. The Labute approximate surface area is 136 Å². The summed E-state index contributed by atoms with van der Waals surface area (Å²) in [7, 11) is 1.53. The lowest BCUT2D eigenvalue weighted by molar-refractivity contribution is -0.118. The molecule has 9 nitrogen and oxygen atoms in total. The van der Waals surface area contributed by atoms with Crippen molar-refractivity contribution in [3.8, 4) is 0 Å². The summed E-state index contributed by atoms with van der Waals surface area (Å²) in [5.74, 6) is -0.133. The van der Waals surface area contributed by atoms with Crippen LogP contribution in [-0.2, 0) is 24.9 Å². The van der Waals surface area contributed by atoms with E-state index in [2.05, 4.69) is 11.9 Å². The third-order valence-electron chi connectivity index (χ3n) is 4.19. The van der Waals surface area contributed by atoms with E-state index in [0.29, 0.717) is 11.4 Å². The van der Waals surface area contributed by atoms with Crippen molar-refractivity contribution in [1.82, 2.24) is 23.1 Å². The van der Waals surface area contributed by atoms with Crippen molar-refractivity contribution in [3.63, 3.8) is 0 Å². The average Bonchev–Trinajstić information content (AvgIpc) is 3.02. The van der Waals surface area contributed by atoms with Crippen LogP contribution in [-0.4, -0.2) is 29.0 Å². The van der Waals surface area contributed by atoms with Gasteiger partial charge in [-0.05, 0) is 13.3 Å². The second kappa shape index (κ2) is 5.66. The molecule has 24 heavy (non-hydrogen) atoms. The fourth-order valence-corrected chi connectivity index (χ4v) is 2.94. The molecule has 3 aromatic heterocycles. The van der Waals surface area contributed by atoms with Crippen LogP contribution < -0.4 is 17.0 Å². The summed E-state index contributed by atoms with van der Waals surface area (Å²) in [4.78, 5) is 40.7. The second-order valence-corrected chi connectivity index (χ2v) is 5.93. The van der Waals surface area contributed by atoms with Gasteiger partial charge in [0.25, 0.3) is 5.56 Å².